The number of benzene rings is 1. The zero-order chi connectivity index (χ0) is 16.3. The molecule has 24 heavy (non-hydrogen) atoms. The summed E-state index contributed by atoms with van der Waals surface area (Å²) in [6, 6.07) is 9.76. The van der Waals surface area contributed by atoms with Crippen molar-refractivity contribution in [1.29, 1.82) is 0 Å². The molecule has 0 saturated heterocycles. The molecular weight excluding hydrogens is 329 g/mol. The second-order valence-corrected chi connectivity index (χ2v) is 6.08. The van der Waals surface area contributed by atoms with Crippen molar-refractivity contribution in [3.63, 3.8) is 0 Å². The molecule has 6 heteroatoms. The number of nitrogens with zero attached hydrogens (tertiary/aromatic N) is 1. The van der Waals surface area contributed by atoms with E-state index in [0.29, 0.717) is 11.5 Å². The van der Waals surface area contributed by atoms with Crippen LogP contribution >= 0.6 is 12.4 Å². The second-order valence-electron chi connectivity index (χ2n) is 6.08. The summed E-state index contributed by atoms with van der Waals surface area (Å²) in [7, 11) is 0. The van der Waals surface area contributed by atoms with E-state index in [2.05, 4.69) is 10.3 Å². The molecule has 1 amide bonds. The lowest BCUT2D eigenvalue weighted by atomic mass is 9.68. The first kappa shape index (κ1) is 18.2. The van der Waals surface area contributed by atoms with Gasteiger partial charge in [-0.1, -0.05) is 31.4 Å². The number of hydrogen-bond acceptors (Lipinski definition) is 3. The zero-order valence-corrected chi connectivity index (χ0v) is 14.1. The number of halogens is 2. The minimum Gasteiger partial charge on any atom is -0.384 e. The monoisotopic (exact) mass is 349 g/mol. The molecule has 3 N–H and O–H groups in total. The van der Waals surface area contributed by atoms with Gasteiger partial charge in [0.1, 0.15) is 11.6 Å². The molecule has 1 aromatic carbocycles. The van der Waals surface area contributed by atoms with Crippen LogP contribution in [0.3, 0.4) is 0 Å². The fourth-order valence-corrected chi connectivity index (χ4v) is 3.32. The number of pyridine rings is 1. The fourth-order valence-electron chi connectivity index (χ4n) is 3.32. The molecular formula is C18H21ClFN3O. The quantitative estimate of drug-likeness (QED) is 0.877. The van der Waals surface area contributed by atoms with Crippen LogP contribution in [0.1, 0.15) is 37.7 Å². The highest BCUT2D eigenvalue weighted by Gasteiger charge is 2.41. The summed E-state index contributed by atoms with van der Waals surface area (Å²) in [6.45, 7) is 0. The lowest BCUT2D eigenvalue weighted by Gasteiger charge is -2.36. The minimum atomic E-state index is -0.679. The average Bonchev–Trinajstić information content (AvgIpc) is 2.57. The lowest BCUT2D eigenvalue weighted by Crippen LogP contribution is -2.42. The van der Waals surface area contributed by atoms with Crippen molar-refractivity contribution in [1.82, 2.24) is 4.98 Å². The normalized spacial score (nSPS) is 16.0. The maximum Gasteiger partial charge on any atom is 0.235 e. The maximum absolute atomic E-state index is 13.7. The van der Waals surface area contributed by atoms with Crippen LogP contribution in [0, 0.1) is 5.82 Å². The van der Waals surface area contributed by atoms with Gasteiger partial charge >= 0.3 is 0 Å². The van der Waals surface area contributed by atoms with Gasteiger partial charge in [0.2, 0.25) is 5.91 Å². The minimum absolute atomic E-state index is 0. The van der Waals surface area contributed by atoms with Crippen LogP contribution < -0.4 is 11.1 Å². The second kappa shape index (κ2) is 7.62. The summed E-state index contributed by atoms with van der Waals surface area (Å²) in [5.41, 5.74) is 6.24. The number of carbonyl (C=O) groups is 1. The summed E-state index contributed by atoms with van der Waals surface area (Å²) in [6.07, 6.45) is 6.02. The Labute approximate surface area is 147 Å². The summed E-state index contributed by atoms with van der Waals surface area (Å²) in [4.78, 5) is 17.0. The summed E-state index contributed by atoms with van der Waals surface area (Å²) >= 11 is 0. The van der Waals surface area contributed by atoms with Crippen molar-refractivity contribution in [2.24, 2.45) is 0 Å². The van der Waals surface area contributed by atoms with Crippen molar-refractivity contribution < 1.29 is 9.18 Å². The van der Waals surface area contributed by atoms with Gasteiger partial charge in [-0.3, -0.25) is 4.79 Å². The van der Waals surface area contributed by atoms with Crippen LogP contribution in [-0.4, -0.2) is 10.9 Å². The molecule has 1 saturated carbocycles. The predicted molar refractivity (Wildman–Crippen MR) is 95.7 cm³/mol. The first-order valence-corrected chi connectivity index (χ1v) is 7.89. The van der Waals surface area contributed by atoms with E-state index in [-0.39, 0.29) is 24.1 Å². The van der Waals surface area contributed by atoms with Crippen LogP contribution in [0.4, 0.5) is 15.9 Å². The van der Waals surface area contributed by atoms with Gasteiger partial charge in [-0.05, 0) is 42.7 Å². The summed E-state index contributed by atoms with van der Waals surface area (Å²) in [5.74, 6) is -0.00993. The topological polar surface area (TPSA) is 68.0 Å². The molecule has 0 unspecified atom stereocenters. The van der Waals surface area contributed by atoms with E-state index in [0.717, 1.165) is 37.7 Å². The third-order valence-corrected chi connectivity index (χ3v) is 4.56. The summed E-state index contributed by atoms with van der Waals surface area (Å²) < 4.78 is 13.7. The number of anilines is 2. The van der Waals surface area contributed by atoms with E-state index >= 15 is 0 Å². The maximum atomic E-state index is 13.7. The van der Waals surface area contributed by atoms with Gasteiger partial charge in [0.25, 0.3) is 0 Å². The van der Waals surface area contributed by atoms with E-state index in [1.165, 1.54) is 18.3 Å². The first-order chi connectivity index (χ1) is 11.1. The van der Waals surface area contributed by atoms with E-state index in [9.17, 15) is 9.18 Å². The fraction of sp³-hybridized carbons (Fsp3) is 0.333. The van der Waals surface area contributed by atoms with Gasteiger partial charge in [-0.15, -0.1) is 12.4 Å². The number of hydrogen-bond donors (Lipinski definition) is 2. The standard InChI is InChI=1S/C18H20FN3O.ClH/c19-14-6-4-5-13(11-14)18(9-2-1-3-10-18)17(23)22-15-7-8-16(20)21-12-15;/h4-8,11-12H,1-3,9-10H2,(H2,20,21)(H,22,23);1H. The Morgan fingerprint density at radius 3 is 2.54 bits per heavy atom. The SMILES string of the molecule is Cl.Nc1ccc(NC(=O)C2(c3cccc(F)c3)CCCCC2)cn1. The van der Waals surface area contributed by atoms with Gasteiger partial charge in [-0.25, -0.2) is 9.37 Å². The third-order valence-electron chi connectivity index (χ3n) is 4.56. The lowest BCUT2D eigenvalue weighted by molar-refractivity contribution is -0.122. The third kappa shape index (κ3) is 3.67. The van der Waals surface area contributed by atoms with Crippen LogP contribution in [0.25, 0.3) is 0 Å². The van der Waals surface area contributed by atoms with Gasteiger partial charge in [0.05, 0.1) is 17.3 Å². The number of nitrogen functional groups attached to an aromatic ring is 1. The highest BCUT2D eigenvalue weighted by molar-refractivity contribution is 5.99. The Balaban J connectivity index is 0.00000208. The van der Waals surface area contributed by atoms with E-state index in [1.807, 2.05) is 6.07 Å². The van der Waals surface area contributed by atoms with Crippen LogP contribution in [0.5, 0.6) is 0 Å². The van der Waals surface area contributed by atoms with Crippen LogP contribution in [-0.2, 0) is 10.2 Å². The molecule has 3 rings (SSSR count). The molecule has 0 radical (unpaired) electrons. The molecule has 1 heterocycles. The molecule has 0 aliphatic heterocycles. The highest BCUT2D eigenvalue weighted by atomic mass is 35.5. The van der Waals surface area contributed by atoms with Crippen LogP contribution in [0.2, 0.25) is 0 Å². The van der Waals surface area contributed by atoms with E-state index in [4.69, 9.17) is 5.73 Å². The number of rotatable bonds is 3. The Hall–Kier alpha value is -2.14. The largest absolute Gasteiger partial charge is 0.384 e. The Bertz CT molecular complexity index is 700. The van der Waals surface area contributed by atoms with Gasteiger partial charge in [0, 0.05) is 0 Å². The first-order valence-electron chi connectivity index (χ1n) is 7.89. The van der Waals surface area contributed by atoms with Crippen molar-refractivity contribution in [2.75, 3.05) is 11.1 Å². The summed E-state index contributed by atoms with van der Waals surface area (Å²) in [5, 5.41) is 2.92. The van der Waals surface area contributed by atoms with Crippen molar-refractivity contribution in [2.45, 2.75) is 37.5 Å². The predicted octanol–water partition coefficient (Wildman–Crippen LogP) is 4.07. The van der Waals surface area contributed by atoms with Gasteiger partial charge in [0.15, 0.2) is 0 Å². The van der Waals surface area contributed by atoms with E-state index in [1.54, 1.807) is 18.2 Å². The molecule has 128 valence electrons. The molecule has 0 bridgehead atoms. The zero-order valence-electron chi connectivity index (χ0n) is 13.3. The van der Waals surface area contributed by atoms with Crippen molar-refractivity contribution in [3.8, 4) is 0 Å². The van der Waals surface area contributed by atoms with Crippen LogP contribution in [0.15, 0.2) is 42.6 Å². The number of amides is 1. The molecule has 0 spiro atoms. The molecule has 1 fully saturated rings. The number of carbonyl (C=O) groups excluding carboxylic acids is 1. The van der Waals surface area contributed by atoms with Crippen molar-refractivity contribution >= 4 is 29.8 Å². The number of nitrogens with one attached hydrogen (secondary N) is 1. The molecule has 1 aliphatic carbocycles. The smallest absolute Gasteiger partial charge is 0.235 e. The van der Waals surface area contributed by atoms with Crippen molar-refractivity contribution in [3.05, 3.63) is 54.0 Å². The van der Waals surface area contributed by atoms with Gasteiger partial charge < -0.3 is 11.1 Å². The molecule has 0 atom stereocenters. The average molecular weight is 350 g/mol. The number of aromatic nitrogens is 1. The molecule has 4 nitrogen and oxygen atoms in total. The Morgan fingerprint density at radius 2 is 1.92 bits per heavy atom. The Morgan fingerprint density at radius 1 is 1.17 bits per heavy atom. The highest BCUT2D eigenvalue weighted by Crippen LogP contribution is 2.40. The molecule has 2 aromatic rings. The molecule has 1 aromatic heterocycles. The number of nitrogens with two attached hydrogens (primary N) is 1. The van der Waals surface area contributed by atoms with E-state index < -0.39 is 5.41 Å². The molecule has 1 aliphatic rings. The Kier molecular flexibility index (Phi) is 5.78. The van der Waals surface area contributed by atoms with Gasteiger partial charge in [-0.2, -0.15) is 0 Å².